The number of benzene rings is 2. The van der Waals surface area contributed by atoms with Gasteiger partial charge < -0.3 is 9.47 Å². The minimum absolute atomic E-state index is 0.237. The smallest absolute Gasteiger partial charge is 0.166 e. The lowest BCUT2D eigenvalue weighted by Crippen LogP contribution is -2.46. The van der Waals surface area contributed by atoms with Gasteiger partial charge in [0, 0.05) is 79.1 Å². The van der Waals surface area contributed by atoms with E-state index in [0.717, 1.165) is 60.8 Å². The molecule has 0 bridgehead atoms. The van der Waals surface area contributed by atoms with Crippen molar-refractivity contribution in [3.05, 3.63) is 65.3 Å². The summed E-state index contributed by atoms with van der Waals surface area (Å²) in [5.41, 5.74) is 3.18. The molecule has 28 heavy (non-hydrogen) atoms. The molecule has 4 nitrogen and oxygen atoms in total. The van der Waals surface area contributed by atoms with Gasteiger partial charge in [0.2, 0.25) is 0 Å². The summed E-state index contributed by atoms with van der Waals surface area (Å²) in [6.07, 6.45) is 2.58. The predicted molar refractivity (Wildman–Crippen MR) is 117 cm³/mol. The van der Waals surface area contributed by atoms with Gasteiger partial charge in [-0.25, -0.2) is 0 Å². The number of para-hydroxylation sites is 1. The lowest BCUT2D eigenvalue weighted by atomic mass is 10.1. The molecule has 0 radical (unpaired) electrons. The molecule has 0 N–H and O–H groups in total. The van der Waals surface area contributed by atoms with Crippen LogP contribution in [0.15, 0.2) is 54.7 Å². The van der Waals surface area contributed by atoms with Crippen LogP contribution in [0.1, 0.15) is 23.7 Å². The second-order valence-corrected chi connectivity index (χ2v) is 7.76. The van der Waals surface area contributed by atoms with Gasteiger partial charge in [0.25, 0.3) is 0 Å². The Balaban J connectivity index is 1.35. The largest absolute Gasteiger partial charge is 0.369 e. The molecule has 4 rings (SSSR count). The molecule has 0 spiro atoms. The summed E-state index contributed by atoms with van der Waals surface area (Å²) in [5.74, 6) is 0.237. The van der Waals surface area contributed by atoms with Crippen LogP contribution in [0, 0.1) is 0 Å². The van der Waals surface area contributed by atoms with Crippen molar-refractivity contribution >= 4 is 34.0 Å². The first-order valence-corrected chi connectivity index (χ1v) is 10.4. The highest BCUT2D eigenvalue weighted by molar-refractivity contribution is 6.30. The topological polar surface area (TPSA) is 28.5 Å². The Hall–Kier alpha value is -2.30. The van der Waals surface area contributed by atoms with E-state index >= 15 is 0 Å². The zero-order chi connectivity index (χ0) is 19.5. The molecule has 0 aliphatic carbocycles. The monoisotopic (exact) mass is 395 g/mol. The van der Waals surface area contributed by atoms with Crippen molar-refractivity contribution in [3.63, 3.8) is 0 Å². The number of halogens is 1. The molecule has 146 valence electrons. The van der Waals surface area contributed by atoms with Crippen LogP contribution in [0.2, 0.25) is 5.02 Å². The SMILES string of the molecule is CCn1cc(C(=O)CCN2CCN(c3cccc(Cl)c3)CC2)c2ccccc21. The minimum Gasteiger partial charge on any atom is -0.369 e. The number of carbonyl (C=O) groups excluding carboxylic acids is 1. The van der Waals surface area contributed by atoms with Crippen molar-refractivity contribution in [2.45, 2.75) is 19.9 Å². The van der Waals surface area contributed by atoms with Crippen molar-refractivity contribution in [2.24, 2.45) is 0 Å². The van der Waals surface area contributed by atoms with Crippen LogP contribution < -0.4 is 4.90 Å². The summed E-state index contributed by atoms with van der Waals surface area (Å²) in [7, 11) is 0. The summed E-state index contributed by atoms with van der Waals surface area (Å²) in [5, 5.41) is 1.84. The van der Waals surface area contributed by atoms with Crippen LogP contribution in [-0.2, 0) is 6.54 Å². The van der Waals surface area contributed by atoms with Crippen LogP contribution in [0.25, 0.3) is 10.9 Å². The van der Waals surface area contributed by atoms with E-state index in [1.54, 1.807) is 0 Å². The molecule has 2 aromatic carbocycles. The van der Waals surface area contributed by atoms with Gasteiger partial charge in [-0.1, -0.05) is 35.9 Å². The highest BCUT2D eigenvalue weighted by atomic mass is 35.5. The second-order valence-electron chi connectivity index (χ2n) is 7.33. The molecular formula is C23H26ClN3O. The summed E-state index contributed by atoms with van der Waals surface area (Å²) < 4.78 is 2.16. The van der Waals surface area contributed by atoms with Crippen molar-refractivity contribution in [2.75, 3.05) is 37.6 Å². The third-order valence-corrected chi connectivity index (χ3v) is 5.87. The first-order chi connectivity index (χ1) is 13.7. The van der Waals surface area contributed by atoms with Gasteiger partial charge in [0.1, 0.15) is 0 Å². The third-order valence-electron chi connectivity index (χ3n) is 5.63. The van der Waals surface area contributed by atoms with Gasteiger partial charge in [-0.05, 0) is 31.2 Å². The van der Waals surface area contributed by atoms with Crippen molar-refractivity contribution in [1.29, 1.82) is 0 Å². The van der Waals surface area contributed by atoms with E-state index in [1.807, 2.05) is 36.5 Å². The molecule has 0 amide bonds. The first kappa shape index (κ1) is 19.0. The normalized spacial score (nSPS) is 15.3. The summed E-state index contributed by atoms with van der Waals surface area (Å²) >= 11 is 6.11. The number of fused-ring (bicyclic) bond motifs is 1. The zero-order valence-corrected chi connectivity index (χ0v) is 17.0. The van der Waals surface area contributed by atoms with Crippen molar-refractivity contribution in [1.82, 2.24) is 9.47 Å². The Labute approximate surface area is 171 Å². The molecule has 0 atom stereocenters. The Morgan fingerprint density at radius 1 is 1.04 bits per heavy atom. The highest BCUT2D eigenvalue weighted by Gasteiger charge is 2.20. The van der Waals surface area contributed by atoms with Crippen molar-refractivity contribution in [3.8, 4) is 0 Å². The molecule has 1 aromatic heterocycles. The molecule has 1 saturated heterocycles. The quantitative estimate of drug-likeness (QED) is 0.566. The third kappa shape index (κ3) is 3.94. The highest BCUT2D eigenvalue weighted by Crippen LogP contribution is 2.23. The molecule has 1 fully saturated rings. The number of hydrogen-bond donors (Lipinski definition) is 0. The number of hydrogen-bond acceptors (Lipinski definition) is 3. The number of rotatable bonds is 6. The number of anilines is 1. The van der Waals surface area contributed by atoms with E-state index in [2.05, 4.69) is 39.5 Å². The first-order valence-electron chi connectivity index (χ1n) is 9.99. The second kappa shape index (κ2) is 8.38. The summed E-state index contributed by atoms with van der Waals surface area (Å²) in [6, 6.07) is 16.2. The van der Waals surface area contributed by atoms with Gasteiger partial charge >= 0.3 is 0 Å². The lowest BCUT2D eigenvalue weighted by molar-refractivity contribution is 0.0964. The van der Waals surface area contributed by atoms with Crippen LogP contribution in [0.3, 0.4) is 0 Å². The van der Waals surface area contributed by atoms with Crippen LogP contribution in [0.5, 0.6) is 0 Å². The number of aryl methyl sites for hydroxylation is 1. The van der Waals surface area contributed by atoms with E-state index < -0.39 is 0 Å². The fraction of sp³-hybridized carbons (Fsp3) is 0.348. The number of piperazine rings is 1. The number of carbonyl (C=O) groups is 1. The molecular weight excluding hydrogens is 370 g/mol. The standard InChI is InChI=1S/C23H26ClN3O/c1-2-26-17-21(20-8-3-4-9-22(20)26)23(28)10-11-25-12-14-27(15-13-25)19-7-5-6-18(24)16-19/h3-9,16-17H,2,10-15H2,1H3. The van der Waals surface area contributed by atoms with Gasteiger partial charge in [0.05, 0.1) is 0 Å². The number of aromatic nitrogens is 1. The molecule has 0 saturated carbocycles. The van der Waals surface area contributed by atoms with Gasteiger partial charge in [-0.15, -0.1) is 0 Å². The zero-order valence-electron chi connectivity index (χ0n) is 16.3. The van der Waals surface area contributed by atoms with Crippen LogP contribution in [0.4, 0.5) is 5.69 Å². The Kier molecular flexibility index (Phi) is 5.69. The van der Waals surface area contributed by atoms with E-state index in [1.165, 1.54) is 5.69 Å². The number of ketones is 1. The Bertz CT molecular complexity index is 973. The van der Waals surface area contributed by atoms with E-state index in [0.29, 0.717) is 6.42 Å². The molecule has 3 aromatic rings. The molecule has 0 unspecified atom stereocenters. The molecule has 2 heterocycles. The maximum absolute atomic E-state index is 12.9. The Morgan fingerprint density at radius 3 is 2.57 bits per heavy atom. The van der Waals surface area contributed by atoms with Crippen molar-refractivity contribution < 1.29 is 4.79 Å². The van der Waals surface area contributed by atoms with E-state index in [9.17, 15) is 4.79 Å². The summed E-state index contributed by atoms with van der Waals surface area (Å²) in [6.45, 7) is 7.66. The minimum atomic E-state index is 0.237. The lowest BCUT2D eigenvalue weighted by Gasteiger charge is -2.36. The fourth-order valence-electron chi connectivity index (χ4n) is 4.03. The van der Waals surface area contributed by atoms with Gasteiger partial charge in [-0.3, -0.25) is 9.69 Å². The molecule has 1 aliphatic heterocycles. The van der Waals surface area contributed by atoms with E-state index in [-0.39, 0.29) is 5.78 Å². The number of nitrogens with zero attached hydrogens (tertiary/aromatic N) is 3. The predicted octanol–water partition coefficient (Wildman–Crippen LogP) is 4.71. The summed E-state index contributed by atoms with van der Waals surface area (Å²) in [4.78, 5) is 17.6. The van der Waals surface area contributed by atoms with Crippen LogP contribution in [-0.4, -0.2) is 48.0 Å². The Morgan fingerprint density at radius 2 is 1.82 bits per heavy atom. The molecule has 1 aliphatic rings. The fourth-order valence-corrected chi connectivity index (χ4v) is 4.21. The maximum Gasteiger partial charge on any atom is 0.166 e. The maximum atomic E-state index is 12.9. The average Bonchev–Trinajstić information content (AvgIpc) is 3.11. The van der Waals surface area contributed by atoms with E-state index in [4.69, 9.17) is 11.6 Å². The number of Topliss-reactive ketones (excluding diaryl/α,β-unsaturated/α-hetero) is 1. The average molecular weight is 396 g/mol. The van der Waals surface area contributed by atoms with Gasteiger partial charge in [0.15, 0.2) is 5.78 Å². The van der Waals surface area contributed by atoms with Crippen LogP contribution >= 0.6 is 11.6 Å². The molecule has 5 heteroatoms. The van der Waals surface area contributed by atoms with Gasteiger partial charge in [-0.2, -0.15) is 0 Å².